The minimum atomic E-state index is -0.779. The Hall–Kier alpha value is -3.97. The van der Waals surface area contributed by atoms with Crippen LogP contribution in [-0.2, 0) is 9.59 Å². The summed E-state index contributed by atoms with van der Waals surface area (Å²) in [5.41, 5.74) is 2.16. The molecular formula is C26H32FN7O2. The molecule has 0 bridgehead atoms. The Kier molecular flexibility index (Phi) is 8.61. The Morgan fingerprint density at radius 1 is 1.28 bits per heavy atom. The topological polar surface area (TPSA) is 93.7 Å². The molecule has 9 nitrogen and oxygen atoms in total. The van der Waals surface area contributed by atoms with Gasteiger partial charge < -0.3 is 20.4 Å². The van der Waals surface area contributed by atoms with Crippen molar-refractivity contribution in [2.24, 2.45) is 5.92 Å². The van der Waals surface area contributed by atoms with Crippen LogP contribution in [0.4, 0.5) is 27.5 Å². The van der Waals surface area contributed by atoms with Crippen LogP contribution in [0.25, 0.3) is 0 Å². The molecule has 0 spiro atoms. The maximum Gasteiger partial charge on any atom is 0.245 e. The fraction of sp³-hybridized carbons (Fsp3) is 0.385. The molecule has 2 fully saturated rings. The first-order valence-electron chi connectivity index (χ1n) is 11.7. The van der Waals surface area contributed by atoms with Gasteiger partial charge in [-0.3, -0.25) is 14.5 Å². The number of aromatic nitrogens is 2. The first-order chi connectivity index (χ1) is 17.2. The second-order valence-corrected chi connectivity index (χ2v) is 8.82. The van der Waals surface area contributed by atoms with E-state index in [1.54, 1.807) is 32.2 Å². The van der Waals surface area contributed by atoms with Gasteiger partial charge in [-0.1, -0.05) is 6.58 Å². The third-order valence-corrected chi connectivity index (χ3v) is 6.15. The predicted octanol–water partition coefficient (Wildman–Crippen LogP) is 2.67. The summed E-state index contributed by atoms with van der Waals surface area (Å²) >= 11 is 0. The zero-order chi connectivity index (χ0) is 26.4. The lowest BCUT2D eigenvalue weighted by molar-refractivity contribution is -0.131. The third-order valence-electron chi connectivity index (χ3n) is 6.15. The largest absolute Gasteiger partial charge is 0.367 e. The van der Waals surface area contributed by atoms with Crippen molar-refractivity contribution < 1.29 is 14.0 Å². The van der Waals surface area contributed by atoms with Gasteiger partial charge in [0, 0.05) is 55.9 Å². The number of nitrogens with zero attached hydrogens (tertiary/aromatic N) is 5. The summed E-state index contributed by atoms with van der Waals surface area (Å²) in [5, 5.41) is 5.71. The van der Waals surface area contributed by atoms with Crippen molar-refractivity contribution in [1.29, 1.82) is 0 Å². The Labute approximate surface area is 211 Å². The number of amides is 2. The van der Waals surface area contributed by atoms with Gasteiger partial charge in [0.25, 0.3) is 0 Å². The number of terminal acetylenes is 1. The molecule has 0 aliphatic carbocycles. The quantitative estimate of drug-likeness (QED) is 0.472. The summed E-state index contributed by atoms with van der Waals surface area (Å²) in [6.07, 6.45) is 10.0. The van der Waals surface area contributed by atoms with E-state index in [0.717, 1.165) is 26.2 Å². The number of hydrogen-bond acceptors (Lipinski definition) is 7. The Morgan fingerprint density at radius 3 is 2.56 bits per heavy atom. The lowest BCUT2D eigenvalue weighted by Crippen LogP contribution is -2.44. The Morgan fingerprint density at radius 2 is 1.97 bits per heavy atom. The van der Waals surface area contributed by atoms with Crippen molar-refractivity contribution in [3.63, 3.8) is 0 Å². The summed E-state index contributed by atoms with van der Waals surface area (Å²) in [4.78, 5) is 39.6. The number of carbonyl (C=O) groups is 2. The van der Waals surface area contributed by atoms with E-state index in [2.05, 4.69) is 52.0 Å². The summed E-state index contributed by atoms with van der Waals surface area (Å²) in [7, 11) is 2.06. The average molecular weight is 494 g/mol. The summed E-state index contributed by atoms with van der Waals surface area (Å²) < 4.78 is 14.9. The number of halogens is 1. The molecule has 2 amide bonds. The molecule has 1 aromatic carbocycles. The molecule has 2 N–H and O–H groups in total. The van der Waals surface area contributed by atoms with Crippen LogP contribution >= 0.6 is 0 Å². The number of hydrogen-bond donors (Lipinski definition) is 2. The normalized spacial score (nSPS) is 17.6. The summed E-state index contributed by atoms with van der Waals surface area (Å²) in [6.45, 7) is 11.2. The monoisotopic (exact) mass is 493 g/mol. The number of benzene rings is 1. The van der Waals surface area contributed by atoms with Gasteiger partial charge in [0.1, 0.15) is 17.6 Å². The van der Waals surface area contributed by atoms with Gasteiger partial charge in [-0.15, -0.1) is 12.8 Å². The second kappa shape index (κ2) is 11.6. The van der Waals surface area contributed by atoms with Crippen LogP contribution in [0.1, 0.15) is 18.9 Å². The van der Waals surface area contributed by atoms with E-state index >= 15 is 0 Å². The SMILES string of the molecule is C#C.C=C(C)N(C(=O)C1CCNC1=O)c1nc(Nc2ccc(N3CCN(C)CC3)c(F)c2)ncc1C. The predicted molar refractivity (Wildman–Crippen MR) is 139 cm³/mol. The molecule has 1 atom stereocenters. The highest BCUT2D eigenvalue weighted by Crippen LogP contribution is 2.28. The van der Waals surface area contributed by atoms with Crippen LogP contribution < -0.4 is 20.4 Å². The van der Waals surface area contributed by atoms with E-state index in [4.69, 9.17) is 0 Å². The fourth-order valence-electron chi connectivity index (χ4n) is 4.20. The van der Waals surface area contributed by atoms with Crippen LogP contribution in [0, 0.1) is 31.5 Å². The van der Waals surface area contributed by atoms with Gasteiger partial charge in [0.15, 0.2) is 0 Å². The summed E-state index contributed by atoms with van der Waals surface area (Å²) in [6, 6.07) is 4.95. The molecule has 1 unspecified atom stereocenters. The molecule has 3 heterocycles. The van der Waals surface area contributed by atoms with Crippen molar-refractivity contribution in [2.45, 2.75) is 20.3 Å². The van der Waals surface area contributed by atoms with E-state index in [-0.39, 0.29) is 23.6 Å². The number of likely N-dealkylation sites (N-methyl/N-ethyl adjacent to an activating group) is 1. The Bertz CT molecular complexity index is 1160. The summed E-state index contributed by atoms with van der Waals surface area (Å²) in [5.74, 6) is -1.23. The number of piperazine rings is 1. The van der Waals surface area contributed by atoms with Crippen LogP contribution in [-0.4, -0.2) is 66.5 Å². The maximum absolute atomic E-state index is 14.9. The number of nitrogens with one attached hydrogen (secondary N) is 2. The first kappa shape index (κ1) is 26.6. The van der Waals surface area contributed by atoms with Gasteiger partial charge in [0.05, 0.1) is 5.69 Å². The molecule has 190 valence electrons. The second-order valence-electron chi connectivity index (χ2n) is 8.82. The minimum absolute atomic E-state index is 0.210. The van der Waals surface area contributed by atoms with Crippen LogP contribution in [0.5, 0.6) is 0 Å². The molecule has 2 aliphatic rings. The number of carbonyl (C=O) groups excluding carboxylic acids is 2. The van der Waals surface area contributed by atoms with Gasteiger partial charge in [-0.25, -0.2) is 9.37 Å². The number of aryl methyl sites for hydroxylation is 1. The number of rotatable bonds is 6. The fourth-order valence-corrected chi connectivity index (χ4v) is 4.20. The zero-order valence-corrected chi connectivity index (χ0v) is 20.9. The highest BCUT2D eigenvalue weighted by Gasteiger charge is 2.36. The molecule has 0 saturated carbocycles. The number of anilines is 4. The highest BCUT2D eigenvalue weighted by atomic mass is 19.1. The molecule has 2 aliphatic heterocycles. The van der Waals surface area contributed by atoms with E-state index < -0.39 is 5.92 Å². The molecule has 4 rings (SSSR count). The minimum Gasteiger partial charge on any atom is -0.367 e. The molecule has 1 aromatic heterocycles. The lowest BCUT2D eigenvalue weighted by atomic mass is 10.1. The molecule has 2 saturated heterocycles. The molecule has 2 aromatic rings. The zero-order valence-electron chi connectivity index (χ0n) is 20.9. The van der Waals surface area contributed by atoms with Gasteiger partial charge >= 0.3 is 0 Å². The van der Waals surface area contributed by atoms with Crippen LogP contribution in [0.2, 0.25) is 0 Å². The van der Waals surface area contributed by atoms with E-state index in [0.29, 0.717) is 41.4 Å². The molecular weight excluding hydrogens is 461 g/mol. The lowest BCUT2D eigenvalue weighted by Gasteiger charge is -2.34. The maximum atomic E-state index is 14.9. The van der Waals surface area contributed by atoms with Crippen molar-refractivity contribution in [2.75, 3.05) is 54.9 Å². The van der Waals surface area contributed by atoms with Crippen LogP contribution in [0.3, 0.4) is 0 Å². The third kappa shape index (κ3) is 5.80. The van der Waals surface area contributed by atoms with E-state index in [1.807, 2.05) is 4.90 Å². The standard InChI is InChI=1S/C24H30FN7O2.C2H2/c1-15(2)32(23(34)18-7-8-26-22(18)33)21-16(3)14-27-24(29-21)28-17-5-6-20(19(25)13-17)31-11-9-30(4)10-12-31;1-2/h5-6,13-14,18H,1,7-12H2,2-4H3,(H,26,33)(H,27,28,29);1-2H. The van der Waals surface area contributed by atoms with Gasteiger partial charge in [0.2, 0.25) is 17.8 Å². The highest BCUT2D eigenvalue weighted by molar-refractivity contribution is 6.09. The van der Waals surface area contributed by atoms with Crippen molar-refractivity contribution in [3.05, 3.63) is 48.1 Å². The van der Waals surface area contributed by atoms with Crippen molar-refractivity contribution >= 4 is 35.0 Å². The van der Waals surface area contributed by atoms with Gasteiger partial charge in [-0.2, -0.15) is 4.98 Å². The van der Waals surface area contributed by atoms with Gasteiger partial charge in [-0.05, 0) is 45.5 Å². The average Bonchev–Trinajstić information content (AvgIpc) is 3.29. The molecule has 0 radical (unpaired) electrons. The van der Waals surface area contributed by atoms with E-state index in [9.17, 15) is 14.0 Å². The van der Waals surface area contributed by atoms with E-state index in [1.165, 1.54) is 11.0 Å². The first-order valence-corrected chi connectivity index (χ1v) is 11.7. The molecule has 36 heavy (non-hydrogen) atoms. The van der Waals surface area contributed by atoms with Crippen molar-refractivity contribution in [3.8, 4) is 12.8 Å². The Balaban J connectivity index is 0.00000176. The number of allylic oxidation sites excluding steroid dienone is 1. The van der Waals surface area contributed by atoms with Crippen molar-refractivity contribution in [1.82, 2.24) is 20.2 Å². The smallest absolute Gasteiger partial charge is 0.245 e. The van der Waals surface area contributed by atoms with Crippen LogP contribution in [0.15, 0.2) is 36.7 Å². The molecule has 10 heteroatoms.